The van der Waals surface area contributed by atoms with Crippen LogP contribution in [0.4, 0.5) is 0 Å². The predicted octanol–water partition coefficient (Wildman–Crippen LogP) is -0.668. The summed E-state index contributed by atoms with van der Waals surface area (Å²) in [6.07, 6.45) is 0. The molecule has 0 heterocycles. The van der Waals surface area contributed by atoms with Gasteiger partial charge in [0.05, 0.1) is 0 Å². The van der Waals surface area contributed by atoms with Crippen LogP contribution in [0.1, 0.15) is 27.7 Å². The second-order valence-electron chi connectivity index (χ2n) is 1.26. The van der Waals surface area contributed by atoms with Crippen LogP contribution in [0.15, 0.2) is 0 Å². The van der Waals surface area contributed by atoms with Crippen LogP contribution in [-0.2, 0) is 0 Å². The third-order valence-corrected chi connectivity index (χ3v) is 0. The van der Waals surface area contributed by atoms with Crippen LogP contribution in [0.2, 0.25) is 0 Å². The smallest absolute Gasteiger partial charge is 0.0402 e. The molecule has 0 saturated heterocycles. The van der Waals surface area contributed by atoms with Gasteiger partial charge in [0, 0.05) is 26.4 Å². The van der Waals surface area contributed by atoms with Crippen molar-refractivity contribution in [2.75, 3.05) is 26.4 Å². The van der Waals surface area contributed by atoms with Crippen molar-refractivity contribution in [2.24, 2.45) is 0 Å². The van der Waals surface area contributed by atoms with Crippen LogP contribution in [0, 0.1) is 0 Å². The Bertz CT molecular complexity index is 25.7. The second-order valence-corrected chi connectivity index (χ2v) is 1.26. The highest BCUT2D eigenvalue weighted by Crippen LogP contribution is 1.30. The molecule has 0 radical (unpaired) electrons. The van der Waals surface area contributed by atoms with Crippen molar-refractivity contribution in [1.29, 1.82) is 0 Å². The van der Waals surface area contributed by atoms with Gasteiger partial charge >= 0.3 is 0 Å². The molecule has 14 heavy (non-hydrogen) atoms. The Morgan fingerprint density at radius 3 is 0.571 bits per heavy atom. The number of hydrogen-bond acceptors (Lipinski definition) is 5. The average molecular weight is 219 g/mol. The van der Waals surface area contributed by atoms with E-state index in [2.05, 4.69) is 0 Å². The van der Waals surface area contributed by atoms with Crippen LogP contribution in [0.3, 0.4) is 0 Å². The first-order chi connectivity index (χ1) is 5.66. The normalized spacial score (nSPS) is 5.14. The second kappa shape index (κ2) is 125. The van der Waals surface area contributed by atoms with Gasteiger partial charge in [-0.1, -0.05) is 0 Å². The lowest BCUT2D eigenvalue weighted by Gasteiger charge is -1.52. The Balaban J connectivity index is -0.0000000145. The van der Waals surface area contributed by atoms with E-state index in [0.717, 1.165) is 0 Å². The van der Waals surface area contributed by atoms with Gasteiger partial charge in [-0.25, -0.2) is 0 Å². The van der Waals surface area contributed by atoms with Gasteiger partial charge in [-0.15, -0.1) is 0 Å². The molecule has 6 nitrogen and oxygen atoms in total. The summed E-state index contributed by atoms with van der Waals surface area (Å²) in [7, 11) is 0. The lowest BCUT2D eigenvalue weighted by molar-refractivity contribution is 0.318. The number of aliphatic hydroxyl groups excluding tert-OH is 4. The quantitative estimate of drug-likeness (QED) is 0.366. The molecule has 0 rings (SSSR count). The molecule has 0 unspecified atom stereocenters. The SMILES string of the molecule is CCO.CCO.CCO.CCO.N.O. The molecule has 0 spiro atoms. The summed E-state index contributed by atoms with van der Waals surface area (Å²) in [6.45, 7) is 7.72. The molecular weight excluding hydrogens is 190 g/mol. The molecule has 0 aromatic heterocycles. The summed E-state index contributed by atoms with van der Waals surface area (Å²) in [4.78, 5) is 0. The standard InChI is InChI=1S/4C2H6O.H3N.H2O/c4*1-2-3;;/h4*3H,2H2,1H3;1H3;1H2. The molecule has 96 valence electrons. The molecule has 0 aliphatic carbocycles. The van der Waals surface area contributed by atoms with Crippen LogP contribution in [0.25, 0.3) is 0 Å². The van der Waals surface area contributed by atoms with E-state index in [1.165, 1.54) is 0 Å². The topological polar surface area (TPSA) is 147 Å². The maximum absolute atomic E-state index is 7.57. The van der Waals surface area contributed by atoms with E-state index in [9.17, 15) is 0 Å². The fourth-order valence-corrected chi connectivity index (χ4v) is 0. The van der Waals surface area contributed by atoms with E-state index in [4.69, 9.17) is 20.4 Å². The predicted molar refractivity (Wildman–Crippen MR) is 59.7 cm³/mol. The molecule has 0 atom stereocenters. The van der Waals surface area contributed by atoms with E-state index in [1.807, 2.05) is 0 Å². The van der Waals surface area contributed by atoms with Gasteiger partial charge in [0.2, 0.25) is 0 Å². The first-order valence-corrected chi connectivity index (χ1v) is 4.09. The molecule has 6 heteroatoms. The van der Waals surface area contributed by atoms with Crippen LogP contribution in [0.5, 0.6) is 0 Å². The molecule has 0 bridgehead atoms. The molecule has 0 aromatic rings. The monoisotopic (exact) mass is 219 g/mol. The Kier molecular flexibility index (Phi) is 332. The van der Waals surface area contributed by atoms with Gasteiger partial charge in [0.25, 0.3) is 0 Å². The molecule has 0 aliphatic heterocycles. The average Bonchev–Trinajstić information content (AvgIpc) is 1.92. The highest BCUT2D eigenvalue weighted by Gasteiger charge is 1.35. The Morgan fingerprint density at radius 1 is 0.571 bits per heavy atom. The van der Waals surface area contributed by atoms with Crippen molar-refractivity contribution < 1.29 is 25.9 Å². The zero-order chi connectivity index (χ0) is 10.8. The first kappa shape index (κ1) is 37.2. The minimum Gasteiger partial charge on any atom is -0.412 e. The molecule has 0 aromatic carbocycles. The van der Waals surface area contributed by atoms with Gasteiger partial charge in [-0.2, -0.15) is 0 Å². The molecule has 0 aliphatic rings. The van der Waals surface area contributed by atoms with E-state index in [0.29, 0.717) is 0 Å². The van der Waals surface area contributed by atoms with Crippen LogP contribution < -0.4 is 6.15 Å². The van der Waals surface area contributed by atoms with E-state index < -0.39 is 0 Å². The van der Waals surface area contributed by atoms with Gasteiger partial charge in [0.15, 0.2) is 0 Å². The maximum atomic E-state index is 7.57. The molecule has 9 N–H and O–H groups in total. The summed E-state index contributed by atoms with van der Waals surface area (Å²) >= 11 is 0. The number of aliphatic hydroxyl groups is 4. The number of rotatable bonds is 0. The van der Waals surface area contributed by atoms with Crippen molar-refractivity contribution in [2.45, 2.75) is 27.7 Å². The lowest BCUT2D eigenvalue weighted by atomic mass is 10.9. The molecule has 0 saturated carbocycles. The van der Waals surface area contributed by atoms with Gasteiger partial charge in [-0.3, -0.25) is 0 Å². The van der Waals surface area contributed by atoms with Gasteiger partial charge in [0.1, 0.15) is 0 Å². The fourth-order valence-electron chi connectivity index (χ4n) is 0. The third kappa shape index (κ3) is 23600. The zero-order valence-electron chi connectivity index (χ0n) is 9.82. The van der Waals surface area contributed by atoms with Crippen molar-refractivity contribution in [3.8, 4) is 0 Å². The third-order valence-electron chi connectivity index (χ3n) is 0. The highest BCUT2D eigenvalue weighted by atomic mass is 16.3. The van der Waals surface area contributed by atoms with Gasteiger partial charge in [-0.05, 0) is 27.7 Å². The number of hydrogen-bond donors (Lipinski definition) is 5. The Hall–Kier alpha value is -0.240. The van der Waals surface area contributed by atoms with Crippen molar-refractivity contribution in [3.05, 3.63) is 0 Å². The summed E-state index contributed by atoms with van der Waals surface area (Å²) in [5.74, 6) is 0. The molecule has 0 fully saturated rings. The minimum atomic E-state index is 0. The van der Waals surface area contributed by atoms with E-state index in [1.54, 1.807) is 27.7 Å². The molecule has 0 amide bonds. The highest BCUT2D eigenvalue weighted by molar-refractivity contribution is 3.84. The first-order valence-electron chi connectivity index (χ1n) is 4.09. The van der Waals surface area contributed by atoms with Gasteiger partial charge < -0.3 is 32.1 Å². The minimum absolute atomic E-state index is 0. The maximum Gasteiger partial charge on any atom is 0.0402 e. The summed E-state index contributed by atoms with van der Waals surface area (Å²) in [6, 6.07) is 0. The van der Waals surface area contributed by atoms with Crippen molar-refractivity contribution in [3.63, 3.8) is 0 Å². The fraction of sp³-hybridized carbons (Fsp3) is 1.00. The van der Waals surface area contributed by atoms with E-state index in [-0.39, 0.29) is 38.1 Å². The van der Waals surface area contributed by atoms with Crippen LogP contribution >= 0.6 is 0 Å². The summed E-state index contributed by atoms with van der Waals surface area (Å²) in [5.41, 5.74) is 0. The Morgan fingerprint density at radius 2 is 0.571 bits per heavy atom. The van der Waals surface area contributed by atoms with E-state index >= 15 is 0 Å². The summed E-state index contributed by atoms with van der Waals surface area (Å²) in [5, 5.41) is 30.3. The Labute approximate surface area is 87.1 Å². The lowest BCUT2D eigenvalue weighted by Crippen LogP contribution is -1.57. The largest absolute Gasteiger partial charge is 0.412 e. The van der Waals surface area contributed by atoms with Crippen LogP contribution in [-0.4, -0.2) is 52.3 Å². The molecular formula is C8H29NO5. The summed E-state index contributed by atoms with van der Waals surface area (Å²) < 4.78 is 0. The van der Waals surface area contributed by atoms with Crippen molar-refractivity contribution in [1.82, 2.24) is 6.15 Å². The zero-order valence-corrected chi connectivity index (χ0v) is 9.82. The van der Waals surface area contributed by atoms with Crippen molar-refractivity contribution >= 4 is 0 Å².